The minimum Gasteiger partial charge on any atom is -0.339 e. The van der Waals surface area contributed by atoms with Gasteiger partial charge < -0.3 is 9.84 Å². The van der Waals surface area contributed by atoms with Crippen molar-refractivity contribution in [2.75, 3.05) is 5.32 Å². The van der Waals surface area contributed by atoms with Crippen molar-refractivity contribution in [2.45, 2.75) is 12.8 Å². The Labute approximate surface area is 158 Å². The largest absolute Gasteiger partial charge is 0.339 e. The summed E-state index contributed by atoms with van der Waals surface area (Å²) in [6, 6.07) is 12.1. The van der Waals surface area contributed by atoms with E-state index in [0.717, 1.165) is 0 Å². The number of aryl methyl sites for hydroxylation is 1. The summed E-state index contributed by atoms with van der Waals surface area (Å²) in [5.41, 5.74) is 1.25. The smallest absolute Gasteiger partial charge is 0.227 e. The number of hydrogen-bond acceptors (Lipinski definition) is 4. The zero-order chi connectivity index (χ0) is 17.8. The fourth-order valence-electron chi connectivity index (χ4n) is 2.13. The molecule has 0 unspecified atom stereocenters. The summed E-state index contributed by atoms with van der Waals surface area (Å²) in [4.78, 5) is 16.3. The first-order chi connectivity index (χ1) is 12.0. The second kappa shape index (κ2) is 7.87. The highest BCUT2D eigenvalue weighted by Crippen LogP contribution is 2.26. The number of halogens is 3. The third-order valence-corrected chi connectivity index (χ3v) is 4.42. The van der Waals surface area contributed by atoms with Gasteiger partial charge in [-0.2, -0.15) is 4.98 Å². The Morgan fingerprint density at radius 2 is 1.84 bits per heavy atom. The van der Waals surface area contributed by atoms with Crippen molar-refractivity contribution in [3.63, 3.8) is 0 Å². The molecule has 0 spiro atoms. The zero-order valence-corrected chi connectivity index (χ0v) is 15.1. The molecule has 2 aromatic carbocycles. The van der Waals surface area contributed by atoms with Gasteiger partial charge in [0.2, 0.25) is 17.6 Å². The lowest BCUT2D eigenvalue weighted by atomic mass is 10.2. The number of nitrogens with zero attached hydrogens (tertiary/aromatic N) is 2. The number of rotatable bonds is 5. The molecule has 1 amide bonds. The van der Waals surface area contributed by atoms with E-state index in [1.165, 1.54) is 0 Å². The van der Waals surface area contributed by atoms with E-state index in [9.17, 15) is 4.79 Å². The van der Waals surface area contributed by atoms with Crippen molar-refractivity contribution in [3.8, 4) is 11.4 Å². The highest BCUT2D eigenvalue weighted by molar-refractivity contribution is 6.42. The minimum absolute atomic E-state index is 0.185. The van der Waals surface area contributed by atoms with Crippen LogP contribution in [0.4, 0.5) is 5.69 Å². The van der Waals surface area contributed by atoms with Gasteiger partial charge in [-0.15, -0.1) is 0 Å². The van der Waals surface area contributed by atoms with E-state index in [-0.39, 0.29) is 12.3 Å². The van der Waals surface area contributed by atoms with Gasteiger partial charge in [-0.1, -0.05) is 52.1 Å². The first-order valence-electron chi connectivity index (χ1n) is 7.35. The van der Waals surface area contributed by atoms with Gasteiger partial charge in [0.05, 0.1) is 15.1 Å². The van der Waals surface area contributed by atoms with E-state index in [2.05, 4.69) is 15.5 Å². The summed E-state index contributed by atoms with van der Waals surface area (Å²) in [6.07, 6.45) is 0.495. The molecule has 0 radical (unpaired) electrons. The van der Waals surface area contributed by atoms with Crippen molar-refractivity contribution in [1.29, 1.82) is 0 Å². The molecule has 1 aromatic heterocycles. The normalized spacial score (nSPS) is 10.7. The maximum absolute atomic E-state index is 12.0. The van der Waals surface area contributed by atoms with Gasteiger partial charge >= 0.3 is 0 Å². The van der Waals surface area contributed by atoms with Crippen molar-refractivity contribution < 1.29 is 9.32 Å². The monoisotopic (exact) mass is 395 g/mol. The van der Waals surface area contributed by atoms with Crippen LogP contribution < -0.4 is 5.32 Å². The molecule has 0 bridgehead atoms. The molecule has 128 valence electrons. The van der Waals surface area contributed by atoms with Gasteiger partial charge in [-0.05, 0) is 30.3 Å². The second-order valence-corrected chi connectivity index (χ2v) is 6.39. The quantitative estimate of drug-likeness (QED) is 0.638. The maximum atomic E-state index is 12.0. The predicted octanol–water partition coefficient (Wildman–Crippen LogP) is 5.27. The molecule has 5 nitrogen and oxygen atoms in total. The van der Waals surface area contributed by atoms with Gasteiger partial charge in [0, 0.05) is 24.1 Å². The van der Waals surface area contributed by atoms with Crippen LogP contribution in [0.5, 0.6) is 0 Å². The Bertz CT molecular complexity index is 912. The molecule has 0 saturated carbocycles. The molecule has 0 atom stereocenters. The number of amides is 1. The molecular weight excluding hydrogens is 385 g/mol. The Kier molecular flexibility index (Phi) is 5.58. The first kappa shape index (κ1) is 17.7. The number of carbonyl (C=O) groups excluding carboxylic acids is 1. The Balaban J connectivity index is 1.59. The van der Waals surface area contributed by atoms with Crippen LogP contribution in [0.1, 0.15) is 12.3 Å². The lowest BCUT2D eigenvalue weighted by Gasteiger charge is -2.05. The third kappa shape index (κ3) is 4.51. The number of hydrogen-bond donors (Lipinski definition) is 1. The van der Waals surface area contributed by atoms with E-state index in [1.807, 2.05) is 12.1 Å². The number of aromatic nitrogens is 2. The van der Waals surface area contributed by atoms with E-state index >= 15 is 0 Å². The molecule has 0 saturated heterocycles. The van der Waals surface area contributed by atoms with Crippen LogP contribution in [-0.2, 0) is 11.2 Å². The molecule has 0 aliphatic rings. The summed E-state index contributed by atoms with van der Waals surface area (Å²) in [5, 5.41) is 7.97. The van der Waals surface area contributed by atoms with Crippen molar-refractivity contribution in [3.05, 3.63) is 63.4 Å². The van der Waals surface area contributed by atoms with Gasteiger partial charge in [0.15, 0.2) is 0 Å². The van der Waals surface area contributed by atoms with Gasteiger partial charge in [-0.3, -0.25) is 4.79 Å². The summed E-state index contributed by atoms with van der Waals surface area (Å²) >= 11 is 17.9. The molecule has 25 heavy (non-hydrogen) atoms. The van der Waals surface area contributed by atoms with E-state index in [4.69, 9.17) is 39.3 Å². The summed E-state index contributed by atoms with van der Waals surface area (Å²) in [5.74, 6) is 0.556. The average Bonchev–Trinajstić information content (AvgIpc) is 3.05. The number of benzene rings is 2. The van der Waals surface area contributed by atoms with Crippen LogP contribution in [0.15, 0.2) is 47.0 Å². The number of anilines is 1. The molecule has 0 aliphatic carbocycles. The van der Waals surface area contributed by atoms with Crippen LogP contribution in [0.2, 0.25) is 15.1 Å². The van der Waals surface area contributed by atoms with E-state index in [1.54, 1.807) is 30.3 Å². The molecule has 3 rings (SSSR count). The van der Waals surface area contributed by atoms with E-state index < -0.39 is 0 Å². The lowest BCUT2D eigenvalue weighted by Crippen LogP contribution is -2.12. The zero-order valence-electron chi connectivity index (χ0n) is 12.8. The topological polar surface area (TPSA) is 68.0 Å². The molecule has 1 heterocycles. The summed E-state index contributed by atoms with van der Waals surface area (Å²) < 4.78 is 5.17. The van der Waals surface area contributed by atoms with Crippen molar-refractivity contribution in [1.82, 2.24) is 10.1 Å². The molecule has 1 N–H and O–H groups in total. The van der Waals surface area contributed by atoms with Crippen LogP contribution in [0, 0.1) is 0 Å². The highest BCUT2D eigenvalue weighted by atomic mass is 35.5. The second-order valence-electron chi connectivity index (χ2n) is 5.17. The standard InChI is InChI=1S/C17H12Cl3N3O2/c18-12-4-2-1-3-11(12)17-22-16(25-23-17)8-7-15(24)21-10-5-6-13(19)14(20)9-10/h1-6,9H,7-8H2,(H,21,24). The average molecular weight is 397 g/mol. The number of carbonyl (C=O) groups is 1. The van der Waals surface area contributed by atoms with Crippen LogP contribution in [0.25, 0.3) is 11.4 Å². The summed E-state index contributed by atoms with van der Waals surface area (Å²) in [7, 11) is 0. The predicted molar refractivity (Wildman–Crippen MR) is 98.2 cm³/mol. The highest BCUT2D eigenvalue weighted by Gasteiger charge is 2.13. The molecule has 0 aliphatic heterocycles. The van der Waals surface area contributed by atoms with Crippen LogP contribution in [-0.4, -0.2) is 16.0 Å². The van der Waals surface area contributed by atoms with Crippen molar-refractivity contribution >= 4 is 46.4 Å². The van der Waals surface area contributed by atoms with E-state index in [0.29, 0.717) is 44.5 Å². The molecule has 0 fully saturated rings. The molecule has 8 heteroatoms. The lowest BCUT2D eigenvalue weighted by molar-refractivity contribution is -0.116. The molecular formula is C17H12Cl3N3O2. The van der Waals surface area contributed by atoms with Gasteiger partial charge in [0.1, 0.15) is 0 Å². The third-order valence-electron chi connectivity index (χ3n) is 3.35. The Morgan fingerprint density at radius 1 is 1.04 bits per heavy atom. The molecule has 3 aromatic rings. The van der Waals surface area contributed by atoms with Gasteiger partial charge in [0.25, 0.3) is 0 Å². The maximum Gasteiger partial charge on any atom is 0.227 e. The summed E-state index contributed by atoms with van der Waals surface area (Å²) in [6.45, 7) is 0. The van der Waals surface area contributed by atoms with Crippen LogP contribution >= 0.6 is 34.8 Å². The Morgan fingerprint density at radius 3 is 2.60 bits per heavy atom. The Hall–Kier alpha value is -2.08. The SMILES string of the molecule is O=C(CCc1nc(-c2ccccc2Cl)no1)Nc1ccc(Cl)c(Cl)c1. The van der Waals surface area contributed by atoms with Crippen molar-refractivity contribution in [2.24, 2.45) is 0 Å². The van der Waals surface area contributed by atoms with Gasteiger partial charge in [-0.25, -0.2) is 0 Å². The fourth-order valence-corrected chi connectivity index (χ4v) is 2.64. The minimum atomic E-state index is -0.198. The fraction of sp³-hybridized carbons (Fsp3) is 0.118. The first-order valence-corrected chi connectivity index (χ1v) is 8.48. The van der Waals surface area contributed by atoms with Crippen LogP contribution in [0.3, 0.4) is 0 Å². The number of nitrogens with one attached hydrogen (secondary N) is 1.